The molecule has 0 saturated heterocycles. The van der Waals surface area contributed by atoms with E-state index in [-0.39, 0.29) is 22.9 Å². The molecule has 0 aromatic carbocycles. The van der Waals surface area contributed by atoms with Crippen molar-refractivity contribution < 1.29 is 14.6 Å². The molecule has 6 heteroatoms. The summed E-state index contributed by atoms with van der Waals surface area (Å²) in [5.74, 6) is 3.25. The van der Waals surface area contributed by atoms with Gasteiger partial charge in [0.2, 0.25) is 0 Å². The van der Waals surface area contributed by atoms with E-state index in [0.29, 0.717) is 30.1 Å². The van der Waals surface area contributed by atoms with Crippen LogP contribution in [0.4, 0.5) is 0 Å². The van der Waals surface area contributed by atoms with Crippen molar-refractivity contribution in [3.05, 3.63) is 0 Å². The monoisotopic (exact) mass is 417 g/mol. The highest BCUT2D eigenvalue weighted by molar-refractivity contribution is 5.84. The maximum Gasteiger partial charge on any atom is 0.157 e. The Hall–Kier alpha value is -1.01. The lowest BCUT2D eigenvalue weighted by Crippen LogP contribution is -2.57. The average Bonchev–Trinajstić information content (AvgIpc) is 3.35. The normalized spacial score (nSPS) is 47.6. The Morgan fingerprint density at radius 2 is 2.00 bits per heavy atom. The summed E-state index contributed by atoms with van der Waals surface area (Å²) in [6.45, 7) is 5.22. The molecule has 5 aliphatic rings. The van der Waals surface area contributed by atoms with Gasteiger partial charge in [0.15, 0.2) is 5.78 Å². The number of rotatable bonds is 5. The lowest BCUT2D eigenvalue weighted by molar-refractivity contribution is -0.161. The van der Waals surface area contributed by atoms with Crippen molar-refractivity contribution in [2.24, 2.45) is 50.8 Å². The molecule has 8 atom stereocenters. The van der Waals surface area contributed by atoms with Crippen molar-refractivity contribution in [2.75, 3.05) is 33.4 Å². The zero-order valence-corrected chi connectivity index (χ0v) is 18.8. The van der Waals surface area contributed by atoms with Crippen LogP contribution >= 0.6 is 0 Å². The summed E-state index contributed by atoms with van der Waals surface area (Å²) < 4.78 is 5.84. The molecule has 168 valence electrons. The number of fused-ring (bicyclic) bond motifs is 5. The Morgan fingerprint density at radius 1 is 1.13 bits per heavy atom. The molecule has 4 fully saturated rings. The SMILES string of the molecule is COC[C@]12CC[C@@H](O)C[C@@H]1CC[C@@H]1C2CC[C@]2(C)[C@@H](C(=O)CN3CCN=N3)CC[C@@H]12. The Morgan fingerprint density at radius 3 is 2.77 bits per heavy atom. The van der Waals surface area contributed by atoms with Crippen molar-refractivity contribution in [1.82, 2.24) is 5.01 Å². The first-order chi connectivity index (χ1) is 14.5. The number of hydrogen-bond donors (Lipinski definition) is 1. The van der Waals surface area contributed by atoms with Gasteiger partial charge in [-0.3, -0.25) is 9.80 Å². The summed E-state index contributed by atoms with van der Waals surface area (Å²) in [6.07, 6.45) is 10.0. The number of methoxy groups -OCH3 is 1. The molecule has 0 aromatic rings. The molecule has 30 heavy (non-hydrogen) atoms. The minimum atomic E-state index is -0.124. The fraction of sp³-hybridized carbons (Fsp3) is 0.958. The van der Waals surface area contributed by atoms with Gasteiger partial charge in [-0.2, -0.15) is 5.11 Å². The molecule has 5 rings (SSSR count). The van der Waals surface area contributed by atoms with E-state index in [9.17, 15) is 9.90 Å². The number of aliphatic hydroxyl groups is 1. The average molecular weight is 418 g/mol. The Labute approximate surface area is 180 Å². The summed E-state index contributed by atoms with van der Waals surface area (Å²) >= 11 is 0. The lowest BCUT2D eigenvalue weighted by atomic mass is 9.44. The maximum atomic E-state index is 13.3. The summed E-state index contributed by atoms with van der Waals surface area (Å²) in [4.78, 5) is 13.3. The Kier molecular flexibility index (Phi) is 5.46. The summed E-state index contributed by atoms with van der Waals surface area (Å²) in [5.41, 5.74) is 0.390. The van der Waals surface area contributed by atoms with Gasteiger partial charge in [-0.05, 0) is 92.3 Å². The molecule has 4 saturated carbocycles. The third-order valence-corrected chi connectivity index (χ3v) is 10.1. The molecule has 1 unspecified atom stereocenters. The first kappa shape index (κ1) is 20.9. The highest BCUT2D eigenvalue weighted by Gasteiger charge is 2.62. The molecular weight excluding hydrogens is 378 g/mol. The molecule has 6 nitrogen and oxygen atoms in total. The van der Waals surface area contributed by atoms with Crippen LogP contribution in [0.1, 0.15) is 64.7 Å². The van der Waals surface area contributed by atoms with E-state index in [1.165, 1.54) is 25.7 Å². The summed E-state index contributed by atoms with van der Waals surface area (Å²) in [7, 11) is 1.85. The van der Waals surface area contributed by atoms with Crippen molar-refractivity contribution >= 4 is 5.78 Å². The minimum Gasteiger partial charge on any atom is -0.393 e. The first-order valence-electron chi connectivity index (χ1n) is 12.3. The van der Waals surface area contributed by atoms with E-state index in [1.807, 2.05) is 12.1 Å². The van der Waals surface area contributed by atoms with E-state index in [2.05, 4.69) is 17.3 Å². The molecule has 1 aliphatic heterocycles. The van der Waals surface area contributed by atoms with Crippen molar-refractivity contribution in [2.45, 2.75) is 70.8 Å². The predicted octanol–water partition coefficient (Wildman–Crippen LogP) is 3.88. The number of ketones is 1. The van der Waals surface area contributed by atoms with Gasteiger partial charge in [0.1, 0.15) is 0 Å². The van der Waals surface area contributed by atoms with Crippen LogP contribution in [0.15, 0.2) is 10.3 Å². The lowest BCUT2D eigenvalue weighted by Gasteiger charge is -2.61. The summed E-state index contributed by atoms with van der Waals surface area (Å²) in [5, 5.41) is 20.4. The van der Waals surface area contributed by atoms with E-state index < -0.39 is 0 Å². The van der Waals surface area contributed by atoms with Crippen LogP contribution in [-0.2, 0) is 9.53 Å². The largest absolute Gasteiger partial charge is 0.393 e. The topological polar surface area (TPSA) is 74.5 Å². The number of aliphatic hydroxyl groups excluding tert-OH is 1. The van der Waals surface area contributed by atoms with Crippen LogP contribution in [0.5, 0.6) is 0 Å². The maximum absolute atomic E-state index is 13.3. The standard InChI is InChI=1S/C24H39N3O3/c1-23-9-8-20-18(4-3-16-13-17(28)7-10-24(16,20)15-30-2)19(23)5-6-21(23)22(29)14-27-12-11-25-26-27/h16-21,28H,3-15H2,1-2H3/t16-,17+,18-,19-,20?,21+,23-,24+/m0/s1. The highest BCUT2D eigenvalue weighted by atomic mass is 16.5. The van der Waals surface area contributed by atoms with Crippen molar-refractivity contribution in [3.8, 4) is 0 Å². The highest BCUT2D eigenvalue weighted by Crippen LogP contribution is 2.67. The van der Waals surface area contributed by atoms with Crippen molar-refractivity contribution in [3.63, 3.8) is 0 Å². The van der Waals surface area contributed by atoms with Crippen LogP contribution in [-0.4, -0.2) is 55.4 Å². The third kappa shape index (κ3) is 3.16. The molecule has 1 heterocycles. The van der Waals surface area contributed by atoms with Gasteiger partial charge in [-0.1, -0.05) is 12.1 Å². The van der Waals surface area contributed by atoms with Gasteiger partial charge >= 0.3 is 0 Å². The number of carbonyl (C=O) groups excluding carboxylic acids is 1. The number of Topliss-reactive ketones (excluding diaryl/α,β-unsaturated/α-hetero) is 1. The Balaban J connectivity index is 1.36. The molecule has 1 N–H and O–H groups in total. The minimum absolute atomic E-state index is 0.124. The van der Waals surface area contributed by atoms with E-state index >= 15 is 0 Å². The van der Waals surface area contributed by atoms with Gasteiger partial charge in [-0.25, -0.2) is 0 Å². The predicted molar refractivity (Wildman–Crippen MR) is 114 cm³/mol. The van der Waals surface area contributed by atoms with Crippen LogP contribution in [0.25, 0.3) is 0 Å². The first-order valence-corrected chi connectivity index (χ1v) is 12.3. The zero-order chi connectivity index (χ0) is 20.9. The van der Waals surface area contributed by atoms with Crippen LogP contribution in [0, 0.1) is 40.4 Å². The quantitative estimate of drug-likeness (QED) is 0.736. The van der Waals surface area contributed by atoms with Crippen LogP contribution < -0.4 is 0 Å². The molecule has 0 spiro atoms. The van der Waals surface area contributed by atoms with Gasteiger partial charge in [0.05, 0.1) is 32.3 Å². The Bertz CT molecular complexity index is 699. The molecule has 0 aromatic heterocycles. The second-order valence-electron chi connectivity index (χ2n) is 11.2. The van der Waals surface area contributed by atoms with Crippen LogP contribution in [0.3, 0.4) is 0 Å². The second-order valence-corrected chi connectivity index (χ2v) is 11.2. The van der Waals surface area contributed by atoms with E-state index in [1.54, 1.807) is 0 Å². The molecule has 0 amide bonds. The second kappa shape index (κ2) is 7.84. The smallest absolute Gasteiger partial charge is 0.157 e. The molecule has 4 aliphatic carbocycles. The zero-order valence-electron chi connectivity index (χ0n) is 18.8. The number of hydrogen-bond acceptors (Lipinski definition) is 6. The summed E-state index contributed by atoms with van der Waals surface area (Å²) in [6, 6.07) is 0. The fourth-order valence-corrected chi connectivity index (χ4v) is 8.85. The number of nitrogens with zero attached hydrogens (tertiary/aromatic N) is 3. The molecular formula is C24H39N3O3. The van der Waals surface area contributed by atoms with E-state index in [0.717, 1.165) is 57.7 Å². The number of carbonyl (C=O) groups is 1. The third-order valence-electron chi connectivity index (χ3n) is 10.1. The van der Waals surface area contributed by atoms with Gasteiger partial charge < -0.3 is 9.84 Å². The van der Waals surface area contributed by atoms with Gasteiger partial charge in [0, 0.05) is 13.0 Å². The van der Waals surface area contributed by atoms with Gasteiger partial charge in [0.25, 0.3) is 0 Å². The molecule has 0 radical (unpaired) electrons. The van der Waals surface area contributed by atoms with Gasteiger partial charge in [-0.15, -0.1) is 0 Å². The van der Waals surface area contributed by atoms with Crippen LogP contribution in [0.2, 0.25) is 0 Å². The fourth-order valence-electron chi connectivity index (χ4n) is 8.85. The molecule has 0 bridgehead atoms. The van der Waals surface area contributed by atoms with E-state index in [4.69, 9.17) is 4.74 Å². The number of ether oxygens (including phenoxy) is 1. The van der Waals surface area contributed by atoms with Crippen molar-refractivity contribution in [1.29, 1.82) is 0 Å².